The Kier molecular flexibility index (Phi) is 10.4. The molecule has 1 heterocycles. The number of rotatable bonds is 0. The molecule has 7 heteroatoms. The summed E-state index contributed by atoms with van der Waals surface area (Å²) in [6.07, 6.45) is -0.0556. The Morgan fingerprint density at radius 1 is 1.00 bits per heavy atom. The van der Waals surface area contributed by atoms with Gasteiger partial charge in [-0.05, 0) is 12.8 Å². The second-order valence-electron chi connectivity index (χ2n) is 2.72. The zero-order valence-corrected chi connectivity index (χ0v) is 10.7. The van der Waals surface area contributed by atoms with Crippen LogP contribution < -0.4 is 34.8 Å². The van der Waals surface area contributed by atoms with Crippen molar-refractivity contribution < 1.29 is 39.6 Å². The average Bonchev–Trinajstić information content (AvgIpc) is 2.80. The molecule has 0 aromatic carbocycles. The Morgan fingerprint density at radius 3 is 1.47 bits per heavy atom. The van der Waals surface area contributed by atoms with Crippen LogP contribution in [0.15, 0.2) is 0 Å². The predicted molar refractivity (Wildman–Crippen MR) is 47.5 cm³/mol. The summed E-state index contributed by atoms with van der Waals surface area (Å²) in [5, 5.41) is 30.8. The molecule has 1 fully saturated rings. The minimum Gasteiger partial charge on any atom is -0.381 e. The van der Waals surface area contributed by atoms with Crippen molar-refractivity contribution in [3.8, 4) is 23.9 Å². The van der Waals surface area contributed by atoms with Crippen molar-refractivity contribution in [2.24, 2.45) is 0 Å². The van der Waals surface area contributed by atoms with Crippen molar-refractivity contribution in [1.29, 1.82) is 15.8 Å². The minimum atomic E-state index is -2.61. The van der Waals surface area contributed by atoms with E-state index in [4.69, 9.17) is 25.8 Å². The molecule has 5 nitrogen and oxygen atoms in total. The van der Waals surface area contributed by atoms with Crippen LogP contribution in [0.1, 0.15) is 12.8 Å². The van der Waals surface area contributed by atoms with Crippen molar-refractivity contribution in [2.45, 2.75) is 12.8 Å². The number of hydrogen-bond acceptors (Lipinski definition) is 4. The van der Waals surface area contributed by atoms with E-state index >= 15 is 0 Å². The summed E-state index contributed by atoms with van der Waals surface area (Å²) in [6, 6.07) is 0. The van der Waals surface area contributed by atoms with Gasteiger partial charge in [0.2, 0.25) is 0 Å². The summed E-state index contributed by atoms with van der Waals surface area (Å²) >= 11 is 0. The molecule has 70 valence electrons. The summed E-state index contributed by atoms with van der Waals surface area (Å²) in [6.45, 7) is 2.00. The molecular weight excluding hydrogens is 202 g/mol. The van der Waals surface area contributed by atoms with E-state index in [-0.39, 0.29) is 29.6 Å². The first-order valence-corrected chi connectivity index (χ1v) is 4.15. The van der Waals surface area contributed by atoms with Crippen LogP contribution in [-0.4, -0.2) is 19.4 Å². The molecule has 1 rings (SSSR count). The molecule has 0 aromatic heterocycles. The normalized spacial score (nSPS) is 12.5. The Morgan fingerprint density at radius 2 is 1.40 bits per heavy atom. The molecule has 0 bridgehead atoms. The number of ether oxygens (including phenoxy) is 1. The monoisotopic (exact) mass is 211 g/mol. The maximum absolute atomic E-state index is 8.13. The molecule has 0 unspecified atom stereocenters. The van der Waals surface area contributed by atoms with E-state index in [0.717, 1.165) is 13.2 Å². The Balaban J connectivity index is 0. The number of nitrogens with zero attached hydrogens (tertiary/aromatic N) is 3. The molecule has 0 aliphatic carbocycles. The molecule has 0 spiro atoms. The van der Waals surface area contributed by atoms with Crippen molar-refractivity contribution in [2.75, 3.05) is 13.2 Å². The van der Waals surface area contributed by atoms with E-state index in [9.17, 15) is 0 Å². The Labute approximate surface area is 111 Å². The summed E-state index contributed by atoms with van der Waals surface area (Å²) in [4.78, 5) is 0. The fourth-order valence-corrected chi connectivity index (χ4v) is 0.694. The number of nitrogens with one attached hydrogen (secondary N) is 1. The van der Waals surface area contributed by atoms with Gasteiger partial charge in [0.25, 0.3) is 0 Å². The third-order valence-electron chi connectivity index (χ3n) is 1.62. The molecule has 1 aliphatic rings. The second kappa shape index (κ2) is 9.54. The Bertz CT molecular complexity index is 272. The van der Waals surface area contributed by atoms with Gasteiger partial charge in [-0.25, -0.2) is 15.8 Å². The quantitative estimate of drug-likeness (QED) is 0.409. The SMILES string of the molecule is C1CCOC1.N#C[B-](C#N)(C#N)C#[NH+].[Na+]. The van der Waals surface area contributed by atoms with Crippen molar-refractivity contribution in [3.63, 3.8) is 0 Å². The summed E-state index contributed by atoms with van der Waals surface area (Å²) in [5.74, 6) is 5.81. The van der Waals surface area contributed by atoms with Gasteiger partial charge in [0.15, 0.2) is 0 Å². The molecule has 0 amide bonds. The molecule has 1 aliphatic heterocycles. The van der Waals surface area contributed by atoms with Crippen LogP contribution >= 0.6 is 0 Å². The van der Waals surface area contributed by atoms with Gasteiger partial charge in [-0.15, -0.1) is 5.26 Å². The van der Waals surface area contributed by atoms with Crippen LogP contribution in [0.4, 0.5) is 0 Å². The fourth-order valence-electron chi connectivity index (χ4n) is 0.694. The van der Waals surface area contributed by atoms with E-state index in [1.165, 1.54) is 30.7 Å². The van der Waals surface area contributed by atoms with Gasteiger partial charge >= 0.3 is 35.7 Å². The Hall–Kier alpha value is -1.02. The van der Waals surface area contributed by atoms with Crippen LogP contribution in [0.3, 0.4) is 0 Å². The number of nitriles is 3. The van der Waals surface area contributed by atoms with E-state index < -0.39 is 6.15 Å². The van der Waals surface area contributed by atoms with Crippen LogP contribution in [0.2, 0.25) is 0 Å². The molecule has 1 N–H and O–H groups in total. The zero-order chi connectivity index (χ0) is 10.9. The molecular formula is C8H9BN4NaO+. The third kappa shape index (κ3) is 6.13. The standard InChI is InChI=1S/C4BN4.C4H8O.Na/c6-1-5(2-7,3-8)4-9;1-2-4-5-3-1;/h;1-4H2;/q-1;;+1/p+1. The van der Waals surface area contributed by atoms with Crippen molar-refractivity contribution in [1.82, 2.24) is 0 Å². The van der Waals surface area contributed by atoms with Crippen LogP contribution in [-0.2, 0) is 4.74 Å². The van der Waals surface area contributed by atoms with Crippen molar-refractivity contribution >= 4 is 6.15 Å². The fraction of sp³-hybridized carbons (Fsp3) is 0.500. The van der Waals surface area contributed by atoms with E-state index in [2.05, 4.69) is 0 Å². The summed E-state index contributed by atoms with van der Waals surface area (Å²) in [5.41, 5.74) is 0. The van der Waals surface area contributed by atoms with Gasteiger partial charge in [-0.3, -0.25) is 0 Å². The topological polar surface area (TPSA) is 104 Å². The smallest absolute Gasteiger partial charge is 0.381 e. The van der Waals surface area contributed by atoms with E-state index in [0.29, 0.717) is 0 Å². The summed E-state index contributed by atoms with van der Waals surface area (Å²) in [7, 11) is 0. The van der Waals surface area contributed by atoms with Gasteiger partial charge in [-0.1, -0.05) is 17.9 Å². The largest absolute Gasteiger partial charge is 1.00 e. The van der Waals surface area contributed by atoms with Gasteiger partial charge in [0, 0.05) is 13.2 Å². The molecule has 0 aromatic rings. The van der Waals surface area contributed by atoms with Gasteiger partial charge in [0.05, 0.1) is 5.97 Å². The number of hydrogen-bond donors (Lipinski definition) is 1. The van der Waals surface area contributed by atoms with E-state index in [1.807, 2.05) is 0 Å². The maximum Gasteiger partial charge on any atom is 1.00 e. The predicted octanol–water partition coefficient (Wildman–Crippen LogP) is -4.26. The third-order valence-corrected chi connectivity index (χ3v) is 1.62. The maximum atomic E-state index is 8.13. The molecule has 1 saturated heterocycles. The van der Waals surface area contributed by atoms with Gasteiger partial charge < -0.3 is 4.74 Å². The van der Waals surface area contributed by atoms with Crippen molar-refractivity contribution in [3.05, 3.63) is 0 Å². The molecule has 0 atom stereocenters. The first-order valence-electron chi connectivity index (χ1n) is 4.15. The van der Waals surface area contributed by atoms with Gasteiger partial charge in [0.1, 0.15) is 0 Å². The van der Waals surface area contributed by atoms with Gasteiger partial charge in [-0.2, -0.15) is 0 Å². The minimum absolute atomic E-state index is 0. The van der Waals surface area contributed by atoms with E-state index in [1.54, 1.807) is 5.97 Å². The summed E-state index contributed by atoms with van der Waals surface area (Å²) < 4.78 is 4.94. The molecule has 0 saturated carbocycles. The van der Waals surface area contributed by atoms with Crippen LogP contribution in [0.5, 0.6) is 0 Å². The first kappa shape index (κ1) is 16.4. The average molecular weight is 211 g/mol. The van der Waals surface area contributed by atoms with Crippen LogP contribution in [0, 0.1) is 39.7 Å². The molecule has 0 radical (unpaired) electrons. The second-order valence-corrected chi connectivity index (χ2v) is 2.72. The molecule has 15 heavy (non-hydrogen) atoms. The first-order chi connectivity index (χ1) is 6.74. The van der Waals surface area contributed by atoms with Crippen LogP contribution in [0.25, 0.3) is 0 Å². The zero-order valence-electron chi connectivity index (χ0n) is 8.66.